The van der Waals surface area contributed by atoms with Gasteiger partial charge < -0.3 is 4.74 Å². The summed E-state index contributed by atoms with van der Waals surface area (Å²) in [5.74, 6) is 0. The van der Waals surface area contributed by atoms with E-state index in [9.17, 15) is 0 Å². The van der Waals surface area contributed by atoms with Gasteiger partial charge in [0.1, 0.15) is 5.60 Å². The number of rotatable bonds is 0. The molecule has 2 aromatic rings. The number of hydrogen-bond donors (Lipinski definition) is 0. The maximum Gasteiger partial charge on any atom is 0.119 e. The minimum absolute atomic E-state index is 0.193. The zero-order valence-electron chi connectivity index (χ0n) is 11.8. The van der Waals surface area contributed by atoms with Crippen LogP contribution in [0.15, 0.2) is 48.5 Å². The van der Waals surface area contributed by atoms with Gasteiger partial charge in [0.25, 0.3) is 0 Å². The molecule has 0 aromatic heterocycles. The standard InChI is InChI=1S/C19H20O/c1-3-9-17-15(7-1)11-12-16-8-2-4-10-18(16)19(17)13-5-6-14-20-19/h1-4,7-10H,5-6,11-14H2. The molecule has 20 heavy (non-hydrogen) atoms. The van der Waals surface area contributed by atoms with Crippen molar-refractivity contribution in [1.82, 2.24) is 0 Å². The Morgan fingerprint density at radius 2 is 1.35 bits per heavy atom. The summed E-state index contributed by atoms with van der Waals surface area (Å²) in [6.45, 7) is 0.878. The third-order valence-electron chi connectivity index (χ3n) is 4.84. The molecule has 2 aromatic carbocycles. The third-order valence-corrected chi connectivity index (χ3v) is 4.84. The summed E-state index contributed by atoms with van der Waals surface area (Å²) in [5.41, 5.74) is 5.55. The van der Waals surface area contributed by atoms with Gasteiger partial charge in [-0.05, 0) is 54.4 Å². The molecule has 0 N–H and O–H groups in total. The van der Waals surface area contributed by atoms with E-state index in [1.165, 1.54) is 35.1 Å². The Labute approximate surface area is 120 Å². The molecule has 1 fully saturated rings. The molecule has 0 radical (unpaired) electrons. The van der Waals surface area contributed by atoms with Crippen LogP contribution in [0.25, 0.3) is 0 Å². The van der Waals surface area contributed by atoms with E-state index in [-0.39, 0.29) is 5.60 Å². The molecule has 4 rings (SSSR count). The molecule has 1 aliphatic heterocycles. The van der Waals surface area contributed by atoms with Gasteiger partial charge in [-0.15, -0.1) is 0 Å². The monoisotopic (exact) mass is 264 g/mol. The predicted molar refractivity (Wildman–Crippen MR) is 80.9 cm³/mol. The van der Waals surface area contributed by atoms with Crippen LogP contribution in [0.5, 0.6) is 0 Å². The number of ether oxygens (including phenoxy) is 1. The van der Waals surface area contributed by atoms with Gasteiger partial charge >= 0.3 is 0 Å². The fraction of sp³-hybridized carbons (Fsp3) is 0.368. The Kier molecular flexibility index (Phi) is 2.89. The van der Waals surface area contributed by atoms with E-state index in [1.54, 1.807) is 0 Å². The average molecular weight is 264 g/mol. The lowest BCUT2D eigenvalue weighted by Gasteiger charge is -2.39. The summed E-state index contributed by atoms with van der Waals surface area (Å²) >= 11 is 0. The lowest BCUT2D eigenvalue weighted by molar-refractivity contribution is -0.0536. The molecule has 1 heteroatoms. The van der Waals surface area contributed by atoms with Crippen LogP contribution in [0.3, 0.4) is 0 Å². The van der Waals surface area contributed by atoms with Crippen LogP contribution >= 0.6 is 0 Å². The molecular formula is C19H20O. The molecule has 1 aliphatic carbocycles. The average Bonchev–Trinajstić information content (AvgIpc) is 2.66. The highest BCUT2D eigenvalue weighted by Crippen LogP contribution is 2.45. The normalized spacial score (nSPS) is 20.0. The first-order valence-corrected chi connectivity index (χ1v) is 7.71. The highest BCUT2D eigenvalue weighted by atomic mass is 16.5. The molecular weight excluding hydrogens is 244 g/mol. The summed E-state index contributed by atoms with van der Waals surface area (Å²) in [5, 5.41) is 0. The van der Waals surface area contributed by atoms with E-state index in [1.807, 2.05) is 0 Å². The van der Waals surface area contributed by atoms with E-state index < -0.39 is 0 Å². The molecule has 102 valence electrons. The van der Waals surface area contributed by atoms with Gasteiger partial charge in [0, 0.05) is 6.61 Å². The number of benzene rings is 2. The first-order chi connectivity index (χ1) is 9.90. The molecule has 0 bridgehead atoms. The Bertz CT molecular complexity index is 574. The summed E-state index contributed by atoms with van der Waals surface area (Å²) in [4.78, 5) is 0. The lowest BCUT2D eigenvalue weighted by atomic mass is 9.78. The maximum atomic E-state index is 6.44. The highest BCUT2D eigenvalue weighted by molar-refractivity contribution is 5.48. The molecule has 0 unspecified atom stereocenters. The highest BCUT2D eigenvalue weighted by Gasteiger charge is 2.41. The maximum absolute atomic E-state index is 6.44. The smallest absolute Gasteiger partial charge is 0.119 e. The topological polar surface area (TPSA) is 9.23 Å². The minimum atomic E-state index is -0.193. The minimum Gasteiger partial charge on any atom is -0.366 e. The zero-order valence-corrected chi connectivity index (χ0v) is 11.8. The van der Waals surface area contributed by atoms with E-state index in [0.717, 1.165) is 25.9 Å². The fourth-order valence-corrected chi connectivity index (χ4v) is 3.90. The Balaban J connectivity index is 1.98. The Hall–Kier alpha value is -1.60. The molecule has 1 heterocycles. The van der Waals surface area contributed by atoms with Gasteiger partial charge in [0.15, 0.2) is 0 Å². The quantitative estimate of drug-likeness (QED) is 0.692. The van der Waals surface area contributed by atoms with Crippen LogP contribution in [0.2, 0.25) is 0 Å². The second kappa shape index (κ2) is 4.75. The van der Waals surface area contributed by atoms with Gasteiger partial charge in [0.2, 0.25) is 0 Å². The lowest BCUT2D eigenvalue weighted by Crippen LogP contribution is -2.35. The summed E-state index contributed by atoms with van der Waals surface area (Å²) < 4.78 is 6.44. The second-order valence-electron chi connectivity index (χ2n) is 5.95. The second-order valence-corrected chi connectivity index (χ2v) is 5.95. The number of aryl methyl sites for hydroxylation is 2. The van der Waals surface area contributed by atoms with Crippen molar-refractivity contribution < 1.29 is 4.74 Å². The van der Waals surface area contributed by atoms with Crippen molar-refractivity contribution in [3.8, 4) is 0 Å². The Morgan fingerprint density at radius 1 is 0.750 bits per heavy atom. The van der Waals surface area contributed by atoms with E-state index >= 15 is 0 Å². The van der Waals surface area contributed by atoms with Gasteiger partial charge in [-0.1, -0.05) is 48.5 Å². The molecule has 2 aliphatic rings. The zero-order chi connectivity index (χ0) is 13.4. The van der Waals surface area contributed by atoms with Crippen LogP contribution < -0.4 is 0 Å². The molecule has 0 amide bonds. The molecule has 0 atom stereocenters. The number of fused-ring (bicyclic) bond motifs is 4. The summed E-state index contributed by atoms with van der Waals surface area (Å²) in [7, 11) is 0. The van der Waals surface area contributed by atoms with Crippen LogP contribution in [-0.4, -0.2) is 6.61 Å². The van der Waals surface area contributed by atoms with Crippen molar-refractivity contribution in [2.75, 3.05) is 6.61 Å². The van der Waals surface area contributed by atoms with Crippen molar-refractivity contribution >= 4 is 0 Å². The van der Waals surface area contributed by atoms with Crippen molar-refractivity contribution in [2.24, 2.45) is 0 Å². The fourth-order valence-electron chi connectivity index (χ4n) is 3.90. The predicted octanol–water partition coefficient (Wildman–Crippen LogP) is 4.23. The van der Waals surface area contributed by atoms with E-state index in [2.05, 4.69) is 48.5 Å². The van der Waals surface area contributed by atoms with Crippen LogP contribution in [0.1, 0.15) is 41.5 Å². The molecule has 1 spiro atoms. The van der Waals surface area contributed by atoms with Gasteiger partial charge in [0.05, 0.1) is 0 Å². The summed E-state index contributed by atoms with van der Waals surface area (Å²) in [6.07, 6.45) is 5.80. The number of hydrogen-bond acceptors (Lipinski definition) is 1. The molecule has 1 saturated heterocycles. The van der Waals surface area contributed by atoms with Crippen molar-refractivity contribution in [3.63, 3.8) is 0 Å². The first-order valence-electron chi connectivity index (χ1n) is 7.71. The largest absolute Gasteiger partial charge is 0.366 e. The van der Waals surface area contributed by atoms with E-state index in [0.29, 0.717) is 0 Å². The van der Waals surface area contributed by atoms with Crippen LogP contribution in [0.4, 0.5) is 0 Å². The molecule has 0 saturated carbocycles. The van der Waals surface area contributed by atoms with Crippen molar-refractivity contribution in [2.45, 2.75) is 37.7 Å². The summed E-state index contributed by atoms with van der Waals surface area (Å²) in [6, 6.07) is 17.8. The van der Waals surface area contributed by atoms with E-state index in [4.69, 9.17) is 4.74 Å². The van der Waals surface area contributed by atoms with Gasteiger partial charge in [-0.3, -0.25) is 0 Å². The van der Waals surface area contributed by atoms with Gasteiger partial charge in [-0.2, -0.15) is 0 Å². The van der Waals surface area contributed by atoms with Crippen LogP contribution in [0, 0.1) is 0 Å². The van der Waals surface area contributed by atoms with Crippen LogP contribution in [-0.2, 0) is 23.2 Å². The van der Waals surface area contributed by atoms with Crippen molar-refractivity contribution in [1.29, 1.82) is 0 Å². The molecule has 1 nitrogen and oxygen atoms in total. The van der Waals surface area contributed by atoms with Crippen molar-refractivity contribution in [3.05, 3.63) is 70.8 Å². The SMILES string of the molecule is c1ccc2c(c1)CCc1ccccc1C21CCCCO1. The third kappa shape index (κ3) is 1.73. The van der Waals surface area contributed by atoms with Gasteiger partial charge in [-0.25, -0.2) is 0 Å². The Morgan fingerprint density at radius 3 is 1.90 bits per heavy atom. The first kappa shape index (κ1) is 12.2.